The van der Waals surface area contributed by atoms with Gasteiger partial charge in [0.15, 0.2) is 0 Å². The van der Waals surface area contributed by atoms with Crippen molar-refractivity contribution in [3.05, 3.63) is 166 Å². The first kappa shape index (κ1) is 91.3. The second-order valence-electron chi connectivity index (χ2n) is 33.8. The third-order valence-corrected chi connectivity index (χ3v) is 24.3. The van der Waals surface area contributed by atoms with Crippen LogP contribution in [0.2, 0.25) is 0 Å². The number of hydrogen-bond donors (Lipinski definition) is 6. The molecule has 0 unspecified atom stereocenters. The molecule has 4 amide bonds. The van der Waals surface area contributed by atoms with Crippen molar-refractivity contribution in [1.82, 2.24) is 41.2 Å². The van der Waals surface area contributed by atoms with Gasteiger partial charge in [0.25, 0.3) is 0 Å². The Kier molecular flexibility index (Phi) is 40.5. The van der Waals surface area contributed by atoms with Gasteiger partial charge in [-0.3, -0.25) is 19.2 Å². The van der Waals surface area contributed by atoms with Gasteiger partial charge in [-0.25, -0.2) is 9.97 Å². The third kappa shape index (κ3) is 28.9. The van der Waals surface area contributed by atoms with Crippen LogP contribution in [-0.2, 0) is 19.2 Å². The van der Waals surface area contributed by atoms with E-state index in [9.17, 15) is 19.2 Å². The average molecular weight is 1570 g/mol. The molecule has 4 atom stereocenters. The molecule has 6 N–H and O–H groups in total. The van der Waals surface area contributed by atoms with E-state index in [1.165, 1.54) is 205 Å². The molecule has 0 aliphatic carbocycles. The molecule has 0 spiro atoms. The molecule has 116 heavy (non-hydrogen) atoms. The highest BCUT2D eigenvalue weighted by Crippen LogP contribution is 2.41. The van der Waals surface area contributed by atoms with E-state index >= 15 is 0 Å². The normalized spacial score (nSPS) is 12.9. The summed E-state index contributed by atoms with van der Waals surface area (Å²) in [6.07, 6.45) is 57.9. The van der Waals surface area contributed by atoms with Gasteiger partial charge >= 0.3 is 0 Å². The number of aromatic amines is 2. The number of fused-ring (bicyclic) bond motifs is 8. The number of hydrogen-bond acceptors (Lipinski definition) is 6. The lowest BCUT2D eigenvalue weighted by Gasteiger charge is -2.15. The molecule has 0 saturated heterocycles. The van der Waals surface area contributed by atoms with E-state index in [2.05, 4.69) is 205 Å². The molecule has 0 saturated carbocycles. The molecule has 3 aromatic heterocycles. The first-order chi connectivity index (χ1) is 56.8. The molecule has 0 fully saturated rings. The van der Waals surface area contributed by atoms with Crippen LogP contribution in [0.15, 0.2) is 121 Å². The van der Waals surface area contributed by atoms with Crippen molar-refractivity contribution in [1.29, 1.82) is 0 Å². The fourth-order valence-electron chi connectivity index (χ4n) is 16.8. The van der Waals surface area contributed by atoms with E-state index in [-0.39, 0.29) is 23.6 Å². The van der Waals surface area contributed by atoms with Crippen molar-refractivity contribution in [3.63, 3.8) is 0 Å². The van der Waals surface area contributed by atoms with Crippen LogP contribution >= 0.6 is 0 Å². The number of nitrogens with one attached hydrogen (secondary N) is 6. The Morgan fingerprint density at radius 2 is 0.440 bits per heavy atom. The van der Waals surface area contributed by atoms with Crippen LogP contribution in [0.3, 0.4) is 0 Å². The molecule has 626 valence electrons. The Labute approximate surface area is 699 Å². The summed E-state index contributed by atoms with van der Waals surface area (Å²) in [6.45, 7) is 19.7. The summed E-state index contributed by atoms with van der Waals surface area (Å²) in [5.74, 6) is -1.65. The maximum atomic E-state index is 14.2. The topological polar surface area (TPSA) is 174 Å². The van der Waals surface area contributed by atoms with E-state index in [0.29, 0.717) is 26.2 Å². The van der Waals surface area contributed by atoms with Crippen molar-refractivity contribution < 1.29 is 19.2 Å². The Hall–Kier alpha value is -8.64. The highest BCUT2D eigenvalue weighted by atomic mass is 16.2. The highest BCUT2D eigenvalue weighted by Gasteiger charge is 2.25. The number of nitrogens with zero attached hydrogens (tertiary/aromatic N) is 2. The maximum Gasteiger partial charge on any atom is 0.227 e. The molecule has 2 aliphatic rings. The molecule has 12 nitrogen and oxygen atoms in total. The molecule has 5 heterocycles. The largest absolute Gasteiger partial charge is 0.356 e. The second-order valence-corrected chi connectivity index (χ2v) is 33.8. The number of unbranched alkanes of at least 4 members (excludes halogenated alkanes) is 36. The predicted octanol–water partition coefficient (Wildman–Crippen LogP) is 27.9. The van der Waals surface area contributed by atoms with Gasteiger partial charge in [-0.15, -0.1) is 0 Å². The molecule has 2 aliphatic heterocycles. The smallest absolute Gasteiger partial charge is 0.227 e. The van der Waals surface area contributed by atoms with Crippen LogP contribution in [0.5, 0.6) is 0 Å². The zero-order chi connectivity index (χ0) is 81.9. The molecule has 4 aromatic carbocycles. The molecule has 9 rings (SSSR count). The van der Waals surface area contributed by atoms with Gasteiger partial charge in [-0.2, -0.15) is 0 Å². The summed E-state index contributed by atoms with van der Waals surface area (Å²) in [4.78, 5) is 76.3. The monoisotopic (exact) mass is 1570 g/mol. The summed E-state index contributed by atoms with van der Waals surface area (Å²) in [5.41, 5.74) is 16.9. The Morgan fingerprint density at radius 1 is 0.259 bits per heavy atom. The number of rotatable bonds is 56. The molecular formula is C104H146N8O4. The SMILES string of the molecule is CCCCCCCCCCCCNC(=O)[C@H](C)c1cccc(-c2c3nc(c(-c4cccc([C@@H](C)C(=O)NCCCCCCCCCCCC)c4)c4ccc([nH]4)c(-c4cccc([C@@H](C)C(=O)NCCCCCCCCCCCC)c4)c4nc(c(-c5cccc([C@@H](C)C(=O)NCCCCCCCCCCCC)c5)c5ccc2[nH]5)C=C4)C=C3)c1. The van der Waals surface area contributed by atoms with Gasteiger partial charge in [0.05, 0.1) is 46.4 Å². The fraction of sp³-hybridized carbons (Fsp3) is 0.538. The summed E-state index contributed by atoms with van der Waals surface area (Å²) < 4.78 is 0. The van der Waals surface area contributed by atoms with E-state index in [1.54, 1.807) is 0 Å². The minimum atomic E-state index is -0.420. The minimum Gasteiger partial charge on any atom is -0.356 e. The van der Waals surface area contributed by atoms with Crippen molar-refractivity contribution in [2.45, 2.75) is 336 Å². The van der Waals surface area contributed by atoms with Crippen LogP contribution in [0, 0.1) is 0 Å². The molecule has 12 heteroatoms. The molecule has 8 bridgehead atoms. The van der Waals surface area contributed by atoms with Crippen molar-refractivity contribution in [2.24, 2.45) is 0 Å². The van der Waals surface area contributed by atoms with Crippen LogP contribution in [0.25, 0.3) is 90.9 Å². The van der Waals surface area contributed by atoms with Gasteiger partial charge in [-0.1, -0.05) is 356 Å². The quantitative estimate of drug-likeness (QED) is 0.0207. The maximum absolute atomic E-state index is 14.2. The average Bonchev–Trinajstić information content (AvgIpc) is 1.60. The summed E-state index contributed by atoms with van der Waals surface area (Å²) in [7, 11) is 0. The lowest BCUT2D eigenvalue weighted by atomic mass is 9.94. The van der Waals surface area contributed by atoms with Crippen LogP contribution in [-0.4, -0.2) is 69.7 Å². The van der Waals surface area contributed by atoms with Gasteiger partial charge in [-0.05, 0) is 146 Å². The van der Waals surface area contributed by atoms with Crippen LogP contribution < -0.4 is 21.3 Å². The first-order valence-electron chi connectivity index (χ1n) is 46.5. The van der Waals surface area contributed by atoms with Crippen molar-refractivity contribution in [3.8, 4) is 44.5 Å². The third-order valence-electron chi connectivity index (χ3n) is 24.3. The van der Waals surface area contributed by atoms with E-state index in [4.69, 9.17) is 9.97 Å². The summed E-state index contributed by atoms with van der Waals surface area (Å²) in [5, 5.41) is 13.2. The van der Waals surface area contributed by atoms with Gasteiger partial charge in [0.2, 0.25) is 23.6 Å². The van der Waals surface area contributed by atoms with Crippen molar-refractivity contribution >= 4 is 70.0 Å². The van der Waals surface area contributed by atoms with E-state index in [0.717, 1.165) is 163 Å². The number of benzene rings is 4. The number of aromatic nitrogens is 4. The van der Waals surface area contributed by atoms with E-state index < -0.39 is 23.7 Å². The number of H-pyrrole nitrogens is 2. The van der Waals surface area contributed by atoms with Gasteiger partial charge in [0, 0.05) is 70.5 Å². The molecule has 0 radical (unpaired) electrons. The van der Waals surface area contributed by atoms with Crippen LogP contribution in [0.4, 0.5) is 0 Å². The van der Waals surface area contributed by atoms with Crippen LogP contribution in [0.1, 0.15) is 381 Å². The number of carbonyl (C=O) groups excluding carboxylic acids is 4. The Morgan fingerprint density at radius 3 is 0.629 bits per heavy atom. The number of carbonyl (C=O) groups is 4. The van der Waals surface area contributed by atoms with E-state index in [1.807, 2.05) is 27.7 Å². The molecule has 7 aromatic rings. The zero-order valence-corrected chi connectivity index (χ0v) is 72.8. The lowest BCUT2D eigenvalue weighted by molar-refractivity contribution is -0.123. The van der Waals surface area contributed by atoms with Gasteiger partial charge in [0.1, 0.15) is 0 Å². The lowest BCUT2D eigenvalue weighted by Crippen LogP contribution is -2.28. The van der Waals surface area contributed by atoms with Crippen molar-refractivity contribution in [2.75, 3.05) is 26.2 Å². The summed E-state index contributed by atoms with van der Waals surface area (Å²) >= 11 is 0. The summed E-state index contributed by atoms with van der Waals surface area (Å²) in [6, 6.07) is 42.1. The second kappa shape index (κ2) is 51.5. The minimum absolute atomic E-state index is 0.00799. The highest BCUT2D eigenvalue weighted by molar-refractivity contribution is 6.01. The predicted molar refractivity (Wildman–Crippen MR) is 494 cm³/mol. The molecular weight excluding hydrogens is 1430 g/mol. The zero-order valence-electron chi connectivity index (χ0n) is 72.8. The fourth-order valence-corrected chi connectivity index (χ4v) is 16.8. The first-order valence-corrected chi connectivity index (χ1v) is 46.5. The standard InChI is InChI=1S/C104H146N8O4/c1-9-13-17-21-25-29-33-37-41-45-69-105-101(113)77(5)81-53-49-57-85(73-81)97-89-61-63-91(109-89)98(86-58-50-54-82(74-86)78(6)102(114)106-70-46-42-38-34-30-26-22-18-14-10-2)93-65-67-95(111-93)100(88-60-52-56-84(76-88)80(8)104(116)108-72-48-44-40-36-32-28-24-20-16-12-4)96-68-66-94(112-96)99(92-64-62-90(97)110-92)87-59-51-55-83(75-87)79(7)103(115)107-71-47-43-39-35-31-27-23-19-15-11-3/h49-68,73-80,109,112H,9-48,69-72H2,1-8H3,(H,105,113)(H,106,114)(H,107,115)(H,108,116)/t77-,78-,79-,80-/m1/s1. The Balaban J connectivity index is 1.12. The Bertz CT molecular complexity index is 3840. The number of amides is 4. The van der Waals surface area contributed by atoms with Gasteiger partial charge < -0.3 is 31.2 Å².